The number of methoxy groups -OCH3 is 1. The fraction of sp³-hybridized carbons (Fsp3) is 0.517. The predicted octanol–water partition coefficient (Wildman–Crippen LogP) is 5.80. The summed E-state index contributed by atoms with van der Waals surface area (Å²) in [6.45, 7) is 2.13. The average molecular weight is 613 g/mol. The second kappa shape index (κ2) is 14.9. The lowest BCUT2D eigenvalue weighted by atomic mass is 9.95. The highest BCUT2D eigenvalue weighted by molar-refractivity contribution is 7.92. The molecule has 1 N–H and O–H groups in total. The molecule has 11 heteroatoms. The van der Waals surface area contributed by atoms with Crippen LogP contribution in [0.1, 0.15) is 63.9 Å². The first-order chi connectivity index (χ1) is 19.0. The van der Waals surface area contributed by atoms with Gasteiger partial charge in [-0.15, -0.1) is 0 Å². The van der Waals surface area contributed by atoms with Gasteiger partial charge in [-0.1, -0.05) is 67.6 Å². The number of carbonyl (C=O) groups excluding carboxylic acids is 2. The molecule has 220 valence electrons. The quantitative estimate of drug-likeness (QED) is 0.308. The Labute approximate surface area is 248 Å². The lowest BCUT2D eigenvalue weighted by Gasteiger charge is -2.33. The van der Waals surface area contributed by atoms with Crippen LogP contribution < -0.4 is 14.4 Å². The van der Waals surface area contributed by atoms with Crippen molar-refractivity contribution in [3.05, 3.63) is 58.1 Å². The second-order valence-corrected chi connectivity index (χ2v) is 12.9. The maximum Gasteiger partial charge on any atom is 0.243 e. The lowest BCUT2D eigenvalue weighted by molar-refractivity contribution is -0.141. The second-order valence-electron chi connectivity index (χ2n) is 10.1. The summed E-state index contributed by atoms with van der Waals surface area (Å²) in [5.74, 6) is 0.0218. The first-order valence-electron chi connectivity index (χ1n) is 13.7. The molecule has 2 amide bonds. The van der Waals surface area contributed by atoms with E-state index in [0.29, 0.717) is 22.9 Å². The van der Waals surface area contributed by atoms with E-state index >= 15 is 0 Å². The Morgan fingerprint density at radius 2 is 1.77 bits per heavy atom. The van der Waals surface area contributed by atoms with Gasteiger partial charge in [-0.25, -0.2) is 8.42 Å². The normalized spacial score (nSPS) is 14.8. The Morgan fingerprint density at radius 1 is 1.07 bits per heavy atom. The van der Waals surface area contributed by atoms with Gasteiger partial charge in [0.2, 0.25) is 21.8 Å². The molecule has 2 aromatic rings. The molecule has 2 aromatic carbocycles. The number of carbonyl (C=O) groups is 2. The molecular formula is C29H39Cl2N3O5S. The number of benzene rings is 2. The van der Waals surface area contributed by atoms with E-state index in [1.54, 1.807) is 23.1 Å². The van der Waals surface area contributed by atoms with Gasteiger partial charge in [-0.2, -0.15) is 0 Å². The molecule has 0 saturated heterocycles. The molecule has 1 atom stereocenters. The molecule has 1 aliphatic carbocycles. The van der Waals surface area contributed by atoms with Crippen molar-refractivity contribution in [1.82, 2.24) is 10.2 Å². The topological polar surface area (TPSA) is 96.0 Å². The van der Waals surface area contributed by atoms with Crippen molar-refractivity contribution in [2.45, 2.75) is 76.9 Å². The highest BCUT2D eigenvalue weighted by atomic mass is 35.5. The van der Waals surface area contributed by atoms with Crippen LogP contribution in [0.2, 0.25) is 10.0 Å². The van der Waals surface area contributed by atoms with Crippen LogP contribution in [0.3, 0.4) is 0 Å². The van der Waals surface area contributed by atoms with Crippen molar-refractivity contribution in [3.63, 3.8) is 0 Å². The third-order valence-corrected chi connectivity index (χ3v) is 9.07. The van der Waals surface area contributed by atoms with Crippen molar-refractivity contribution in [3.8, 4) is 5.75 Å². The molecule has 0 heterocycles. The van der Waals surface area contributed by atoms with Gasteiger partial charge in [0.05, 0.1) is 24.1 Å². The SMILES string of the molecule is CC[C@@H](C(=O)NC1CCCCC1)N(Cc1ccccc1Cl)C(=O)CCCN(c1ccc(OC)c(Cl)c1)S(C)(=O)=O. The number of hydrogen-bond acceptors (Lipinski definition) is 5. The Balaban J connectivity index is 1.77. The number of hydrogen-bond donors (Lipinski definition) is 1. The number of rotatable bonds is 13. The summed E-state index contributed by atoms with van der Waals surface area (Å²) >= 11 is 12.7. The molecule has 0 aromatic heterocycles. The maximum atomic E-state index is 13.7. The van der Waals surface area contributed by atoms with E-state index in [1.165, 1.54) is 23.9 Å². The van der Waals surface area contributed by atoms with Crippen LogP contribution in [0, 0.1) is 0 Å². The summed E-state index contributed by atoms with van der Waals surface area (Å²) in [6.07, 6.45) is 7.07. The summed E-state index contributed by atoms with van der Waals surface area (Å²) in [5.41, 5.74) is 1.12. The zero-order valence-corrected chi connectivity index (χ0v) is 25.7. The monoisotopic (exact) mass is 611 g/mol. The summed E-state index contributed by atoms with van der Waals surface area (Å²) in [4.78, 5) is 28.6. The van der Waals surface area contributed by atoms with Gasteiger partial charge in [0, 0.05) is 30.6 Å². The highest BCUT2D eigenvalue weighted by Gasteiger charge is 2.31. The number of sulfonamides is 1. The number of amides is 2. The van der Waals surface area contributed by atoms with E-state index in [0.717, 1.165) is 37.5 Å². The van der Waals surface area contributed by atoms with Gasteiger partial charge in [0.15, 0.2) is 0 Å². The fourth-order valence-corrected chi connectivity index (χ4v) is 6.49. The van der Waals surface area contributed by atoms with Gasteiger partial charge in [-0.3, -0.25) is 13.9 Å². The third kappa shape index (κ3) is 8.75. The largest absolute Gasteiger partial charge is 0.495 e. The molecule has 1 aliphatic rings. The zero-order valence-electron chi connectivity index (χ0n) is 23.4. The number of halogens is 2. The molecular weight excluding hydrogens is 573 g/mol. The molecule has 0 bridgehead atoms. The van der Waals surface area contributed by atoms with Gasteiger partial charge < -0.3 is 15.0 Å². The molecule has 8 nitrogen and oxygen atoms in total. The minimum atomic E-state index is -3.65. The van der Waals surface area contributed by atoms with Crippen molar-refractivity contribution < 1.29 is 22.7 Å². The molecule has 0 unspecified atom stereocenters. The summed E-state index contributed by atoms with van der Waals surface area (Å²) < 4.78 is 31.6. The predicted molar refractivity (Wildman–Crippen MR) is 161 cm³/mol. The Hall–Kier alpha value is -2.49. The molecule has 0 spiro atoms. The van der Waals surface area contributed by atoms with Crippen LogP contribution in [0.5, 0.6) is 5.75 Å². The molecule has 3 rings (SSSR count). The molecule has 1 saturated carbocycles. The summed E-state index contributed by atoms with van der Waals surface area (Å²) in [5, 5.41) is 3.96. The molecule has 0 aliphatic heterocycles. The standard InChI is InChI=1S/C29H39Cl2N3O5S/c1-4-26(29(36)32-22-12-6-5-7-13-22)33(20-21-11-8-9-14-24(21)30)28(35)15-10-18-34(40(3,37)38)23-16-17-27(39-2)25(31)19-23/h8-9,11,14,16-17,19,22,26H,4-7,10,12-13,15,18,20H2,1-3H3,(H,32,36)/t26-/m0/s1. The van der Waals surface area contributed by atoms with Crippen LogP contribution in [-0.2, 0) is 26.2 Å². The number of anilines is 1. The average Bonchev–Trinajstić information content (AvgIpc) is 2.91. The zero-order chi connectivity index (χ0) is 29.3. The van der Waals surface area contributed by atoms with Crippen LogP contribution >= 0.6 is 23.2 Å². The van der Waals surface area contributed by atoms with Crippen molar-refractivity contribution >= 4 is 50.7 Å². The number of nitrogens with one attached hydrogen (secondary N) is 1. The third-order valence-electron chi connectivity index (χ3n) is 7.21. The van der Waals surface area contributed by atoms with Crippen LogP contribution in [0.25, 0.3) is 0 Å². The van der Waals surface area contributed by atoms with E-state index in [2.05, 4.69) is 5.32 Å². The smallest absolute Gasteiger partial charge is 0.243 e. The van der Waals surface area contributed by atoms with Gasteiger partial charge in [0.25, 0.3) is 0 Å². The lowest BCUT2D eigenvalue weighted by Crippen LogP contribution is -2.51. The van der Waals surface area contributed by atoms with Crippen molar-refractivity contribution in [2.24, 2.45) is 0 Å². The molecule has 40 heavy (non-hydrogen) atoms. The first-order valence-corrected chi connectivity index (χ1v) is 16.3. The van der Waals surface area contributed by atoms with Crippen molar-refractivity contribution in [2.75, 3.05) is 24.2 Å². The van der Waals surface area contributed by atoms with Gasteiger partial charge in [-0.05, 0) is 55.5 Å². The number of ether oxygens (including phenoxy) is 1. The van der Waals surface area contributed by atoms with Crippen molar-refractivity contribution in [1.29, 1.82) is 0 Å². The van der Waals surface area contributed by atoms with E-state index in [1.807, 2.05) is 25.1 Å². The maximum absolute atomic E-state index is 13.7. The molecule has 0 radical (unpaired) electrons. The summed E-state index contributed by atoms with van der Waals surface area (Å²) in [7, 11) is -2.17. The van der Waals surface area contributed by atoms with E-state index < -0.39 is 16.1 Å². The Kier molecular flexibility index (Phi) is 12.0. The highest BCUT2D eigenvalue weighted by Crippen LogP contribution is 2.30. The summed E-state index contributed by atoms with van der Waals surface area (Å²) in [6, 6.07) is 11.4. The van der Waals surface area contributed by atoms with E-state index in [4.69, 9.17) is 27.9 Å². The van der Waals surface area contributed by atoms with E-state index in [9.17, 15) is 18.0 Å². The van der Waals surface area contributed by atoms with Crippen LogP contribution in [0.15, 0.2) is 42.5 Å². The van der Waals surface area contributed by atoms with Gasteiger partial charge in [0.1, 0.15) is 11.8 Å². The van der Waals surface area contributed by atoms with E-state index in [-0.39, 0.29) is 48.8 Å². The first kappa shape index (κ1) is 32.0. The minimum Gasteiger partial charge on any atom is -0.495 e. The molecule has 1 fully saturated rings. The fourth-order valence-electron chi connectivity index (χ4n) is 5.09. The van der Waals surface area contributed by atoms with Crippen LogP contribution in [0.4, 0.5) is 5.69 Å². The van der Waals surface area contributed by atoms with Crippen LogP contribution in [-0.4, -0.2) is 57.1 Å². The minimum absolute atomic E-state index is 0.0492. The Bertz CT molecular complexity index is 1270. The number of nitrogens with zero attached hydrogens (tertiary/aromatic N) is 2. The Morgan fingerprint density at radius 3 is 2.38 bits per heavy atom. The van der Waals surface area contributed by atoms with Gasteiger partial charge >= 0.3 is 0 Å².